The van der Waals surface area contributed by atoms with E-state index in [1.54, 1.807) is 31.7 Å². The molecule has 0 spiro atoms. The van der Waals surface area contributed by atoms with Crippen LogP contribution in [0.2, 0.25) is 5.15 Å². The number of fused-ring (bicyclic) bond motifs is 18. The van der Waals surface area contributed by atoms with E-state index in [0.29, 0.717) is 16.8 Å². The van der Waals surface area contributed by atoms with Crippen LogP contribution in [0.1, 0.15) is 14.9 Å². The number of carbonyl (C=O) groups is 1. The first-order valence-electron chi connectivity index (χ1n) is 31.2. The molecule has 0 aliphatic carbocycles. The van der Waals surface area contributed by atoms with E-state index in [2.05, 4.69) is 201 Å². The first-order chi connectivity index (χ1) is 50.1. The predicted molar refractivity (Wildman–Crippen MR) is 426 cm³/mol. The van der Waals surface area contributed by atoms with E-state index < -0.39 is 0 Å². The van der Waals surface area contributed by atoms with Gasteiger partial charge in [0, 0.05) is 100 Å². The number of aromatic nitrogens is 13. The zero-order chi connectivity index (χ0) is 70.5. The number of hydrogen-bond donors (Lipinski definition) is 3. The van der Waals surface area contributed by atoms with Crippen molar-refractivity contribution in [2.45, 2.75) is 14.9 Å². The number of nitrogens with zero attached hydrogens (tertiary/aromatic N) is 12. The third kappa shape index (κ3) is 18.2. The molecule has 3 N–H and O–H groups in total. The van der Waals surface area contributed by atoms with Crippen molar-refractivity contribution in [3.05, 3.63) is 311 Å². The second-order valence-corrected chi connectivity index (χ2v) is 25.0. The summed E-state index contributed by atoms with van der Waals surface area (Å²) in [6.45, 7) is 0.0208. The van der Waals surface area contributed by atoms with E-state index >= 15 is 0 Å². The fourth-order valence-corrected chi connectivity index (χ4v) is 13.0. The predicted octanol–water partition coefficient (Wildman–Crippen LogP) is 15.8. The Bertz CT molecular complexity index is 6130. The molecule has 0 unspecified atom stereocenters. The summed E-state index contributed by atoms with van der Waals surface area (Å²) in [6.07, 6.45) is 14.9. The molecular formula is C80H61Br2ClCs2FIN13O5+. The molecule has 15 aromatic heterocycles. The molecule has 0 fully saturated rings. The van der Waals surface area contributed by atoms with E-state index in [9.17, 15) is 9.50 Å². The molecule has 19 rings (SSSR count). The van der Waals surface area contributed by atoms with E-state index in [4.69, 9.17) is 27.5 Å². The van der Waals surface area contributed by atoms with Crippen LogP contribution >= 0.6 is 66.1 Å². The van der Waals surface area contributed by atoms with Gasteiger partial charge >= 0.3 is 144 Å². The molecule has 4 aromatic carbocycles. The zero-order valence-electron chi connectivity index (χ0n) is 55.8. The first kappa shape index (κ1) is 80.1. The average Bonchev–Trinajstić information content (AvgIpc) is 1.68. The van der Waals surface area contributed by atoms with Crippen molar-refractivity contribution in [1.82, 2.24) is 62.8 Å². The molecule has 0 aliphatic rings. The Morgan fingerprint density at radius 1 is 0.486 bits per heavy atom. The Labute approximate surface area is 756 Å². The van der Waals surface area contributed by atoms with Gasteiger partial charge in [0.15, 0.2) is 0 Å². The second-order valence-electron chi connectivity index (χ2n) is 21.8. The summed E-state index contributed by atoms with van der Waals surface area (Å²) >= 11 is 14.5. The van der Waals surface area contributed by atoms with Gasteiger partial charge in [0.05, 0.1) is 75.6 Å². The number of nitrogens with one attached hydrogen (secondary N) is 1. The molecule has 0 saturated heterocycles. The number of halogens is 5. The standard InChI is InChI=1S/C31H19N5O.C17H12N2O.C14H8BrN3.C9H7BrN2.C5H3ClIN.CH2F.CH2O3.2CH4.2Cs/c1-2-8-24-21(7-1)22-13-12-20(19-27(22)36(24)28-11-3-4-16-32-28)37-29-15-14-23-30-25(9-5-17-33-30)35-18-6-10-26(35)31(23)34-29;20-12-8-9-14-13-5-1-2-6-15(13)19(16(14)11-12)17-7-3-4-10-18-17;15-12-6-5-9-13-10(3-1-7-16-13)18-8-2-4-11(18)14(9)17-12;10-9-5-1-3-8(12-9)7-4-2-6-11-7;6-5-4(7)2-1-3-8-5;1-2;2-1-4-3;;;;/h1-19H;1-11,20H;1-8H;1-6,11H;1-3H;1H2;1,3H;2*1H4;;/q;;;;;-1;;;;2*+1/i/hD. The van der Waals surface area contributed by atoms with Crippen LogP contribution in [-0.4, -0.2) is 79.6 Å². The number of ether oxygens (including phenoxy) is 1. The molecule has 0 amide bonds. The number of hydrogen-bond acceptors (Lipinski definition) is 13. The minimum atomic E-state index is 0. The summed E-state index contributed by atoms with van der Waals surface area (Å²) in [5.74, 6) is 3.22. The summed E-state index contributed by atoms with van der Waals surface area (Å²) in [4.78, 5) is 51.2. The molecule has 0 radical (unpaired) electrons. The quantitative estimate of drug-likeness (QED) is 0.0258. The van der Waals surface area contributed by atoms with Crippen molar-refractivity contribution >= 4 is 171 Å². The molecule has 0 atom stereocenters. The Morgan fingerprint density at radius 3 is 1.51 bits per heavy atom. The van der Waals surface area contributed by atoms with Gasteiger partial charge in [-0.1, -0.05) is 81.1 Å². The number of rotatable bonds is 7. The minimum Gasteiger partial charge on any atom is -0.508 e. The topological polar surface area (TPSA) is 214 Å². The summed E-state index contributed by atoms with van der Waals surface area (Å²) in [7, 11) is 1.75. The minimum absolute atomic E-state index is 0. The second kappa shape index (κ2) is 38.9. The third-order valence-electron chi connectivity index (χ3n) is 15.9. The van der Waals surface area contributed by atoms with Gasteiger partial charge < -0.3 is 32.9 Å². The molecular weight excluding hydrogens is 1830 g/mol. The molecule has 512 valence electrons. The Morgan fingerprint density at radius 2 is 0.981 bits per heavy atom. The number of benzene rings is 4. The molecule has 18 nitrogen and oxygen atoms in total. The smallest absolute Gasteiger partial charge is 0.508 e. The number of aromatic amines is 1. The van der Waals surface area contributed by atoms with E-state index in [-0.39, 0.29) is 165 Å². The van der Waals surface area contributed by atoms with Gasteiger partial charge in [-0.2, -0.15) is 7.18 Å². The summed E-state index contributed by atoms with van der Waals surface area (Å²) in [6, 6.07) is 77.8. The van der Waals surface area contributed by atoms with Crippen molar-refractivity contribution in [1.29, 1.82) is 1.43 Å². The van der Waals surface area contributed by atoms with Gasteiger partial charge in [0.1, 0.15) is 43.0 Å². The summed E-state index contributed by atoms with van der Waals surface area (Å²) in [5, 5.41) is 20.1. The van der Waals surface area contributed by atoms with Gasteiger partial charge in [0.25, 0.3) is 1.43 Å². The van der Waals surface area contributed by atoms with Crippen LogP contribution in [0.3, 0.4) is 0 Å². The molecule has 0 saturated carbocycles. The average molecular weight is 1890 g/mol. The number of aromatic hydroxyl groups is 1. The van der Waals surface area contributed by atoms with Gasteiger partial charge in [-0.25, -0.2) is 35.2 Å². The maximum absolute atomic E-state index is 9.79. The Balaban J connectivity index is 0.000000161. The first-order valence-corrected chi connectivity index (χ1v) is 33.9. The van der Waals surface area contributed by atoms with Crippen molar-refractivity contribution in [2.75, 3.05) is 0 Å². The number of phenols is 1. The fraction of sp³-hybridized carbons (Fsp3) is 0.0250. The van der Waals surface area contributed by atoms with Gasteiger partial charge in [0.2, 0.25) is 5.88 Å². The van der Waals surface area contributed by atoms with Crippen molar-refractivity contribution in [2.24, 2.45) is 0 Å². The largest absolute Gasteiger partial charge is 1.00 e. The monoisotopic (exact) mass is 1890 g/mol. The maximum atomic E-state index is 9.79. The number of carbonyl (C=O) groups excluding carboxylic acids is 1. The van der Waals surface area contributed by atoms with Crippen LogP contribution in [0.4, 0.5) is 4.39 Å². The number of para-hydroxylation sites is 2. The van der Waals surface area contributed by atoms with Crippen molar-refractivity contribution < 1.29 is 167 Å². The van der Waals surface area contributed by atoms with E-state index in [1.165, 1.54) is 5.39 Å². The van der Waals surface area contributed by atoms with Gasteiger partial charge in [-0.15, -0.1) is 0 Å². The SMILES string of the molecule is Brc1ccc2c3ncccc3n3cccc3c2n1.Brc1cccc(-c2ccc[nH]2)n1.C.C.Clc1ncccc1I.Oc1ccc2c3ccccc3n(-c3ccccn3)c2c1.[2H]OOC=O.[CH2-]F.[Cs+].[Cs+].c1ccc(-n2c3ccccc3c3ccc(Oc4ccc5c6ncccc6n6cccc6c5n4)cc32)nc1. The van der Waals surface area contributed by atoms with Crippen LogP contribution in [-0.2, 0) is 9.68 Å². The maximum Gasteiger partial charge on any atom is 1.00 e. The fourth-order valence-electron chi connectivity index (χ4n) is 11.8. The van der Waals surface area contributed by atoms with Crippen LogP contribution < -0.4 is 143 Å². The normalized spacial score (nSPS) is 10.5. The number of H-pyrrole nitrogens is 1. The molecule has 19 aromatic rings. The van der Waals surface area contributed by atoms with Crippen molar-refractivity contribution in [3.63, 3.8) is 0 Å². The van der Waals surface area contributed by atoms with Crippen LogP contribution in [0.5, 0.6) is 17.4 Å². The van der Waals surface area contributed by atoms with Crippen LogP contribution in [0.15, 0.2) is 295 Å². The molecule has 0 aliphatic heterocycles. The zero-order valence-corrected chi connectivity index (χ0v) is 73.4. The number of pyridine rings is 10. The molecule has 25 heteroatoms. The third-order valence-corrected chi connectivity index (χ3v) is 18.3. The van der Waals surface area contributed by atoms with Crippen LogP contribution in [0, 0.1) is 10.7 Å². The van der Waals surface area contributed by atoms with Crippen LogP contribution in [0.25, 0.3) is 123 Å². The molecule has 15 heterocycles. The van der Waals surface area contributed by atoms with Crippen molar-refractivity contribution in [3.8, 4) is 40.4 Å². The summed E-state index contributed by atoms with van der Waals surface area (Å²) < 4.78 is 32.4. The van der Waals surface area contributed by atoms with Gasteiger partial charge in [-0.3, -0.25) is 23.9 Å². The van der Waals surface area contributed by atoms with Gasteiger partial charge in [-0.05, 0) is 218 Å². The molecule has 0 bridgehead atoms. The van der Waals surface area contributed by atoms with E-state index in [0.717, 1.165) is 129 Å². The number of phenolic OH excluding ortho intramolecular Hbond substituents is 1. The Hall–Kier alpha value is -7.44. The Kier molecular flexibility index (Phi) is 29.7. The summed E-state index contributed by atoms with van der Waals surface area (Å²) in [5.41, 5.74) is 14.2. The van der Waals surface area contributed by atoms with E-state index in [1.807, 2.05) is 183 Å². The molecule has 105 heavy (non-hydrogen) atoms.